The Morgan fingerprint density at radius 2 is 2.19 bits per heavy atom. The van der Waals surface area contributed by atoms with Crippen molar-refractivity contribution in [2.24, 2.45) is 4.99 Å². The first-order valence-corrected chi connectivity index (χ1v) is 10.7. The number of rotatable bonds is 6. The third-order valence-electron chi connectivity index (χ3n) is 4.80. The number of esters is 1. The molecule has 1 aromatic heterocycles. The minimum absolute atomic E-state index is 0.0590. The molecule has 164 valence electrons. The Labute approximate surface area is 185 Å². The van der Waals surface area contributed by atoms with Crippen LogP contribution >= 0.6 is 22.9 Å². The van der Waals surface area contributed by atoms with Gasteiger partial charge in [0.15, 0.2) is 10.8 Å². The van der Waals surface area contributed by atoms with E-state index in [1.807, 2.05) is 0 Å². The van der Waals surface area contributed by atoms with Crippen molar-refractivity contribution < 1.29 is 22.7 Å². The molecule has 31 heavy (non-hydrogen) atoms. The fourth-order valence-corrected chi connectivity index (χ4v) is 4.37. The SMILES string of the molecule is CCOC(=O)C1=C(CN2CC(F)(F)C2)NC(c2nccs2)=N[C@H]1c1ccc(F)cc1Cl. The predicted octanol–water partition coefficient (Wildman–Crippen LogP) is 3.79. The van der Waals surface area contributed by atoms with Gasteiger partial charge in [0, 0.05) is 34.4 Å². The van der Waals surface area contributed by atoms with Crippen LogP contribution in [0.1, 0.15) is 23.5 Å². The Balaban J connectivity index is 1.80. The van der Waals surface area contributed by atoms with E-state index in [1.165, 1.54) is 28.4 Å². The Kier molecular flexibility index (Phi) is 6.05. The molecule has 0 saturated carbocycles. The molecule has 4 rings (SSSR count). The highest BCUT2D eigenvalue weighted by atomic mass is 35.5. The van der Waals surface area contributed by atoms with Gasteiger partial charge in [-0.3, -0.25) is 9.89 Å². The van der Waals surface area contributed by atoms with Gasteiger partial charge in [-0.25, -0.2) is 22.9 Å². The number of hydrogen-bond acceptors (Lipinski definition) is 7. The van der Waals surface area contributed by atoms with E-state index < -0.39 is 36.8 Å². The molecule has 1 atom stereocenters. The smallest absolute Gasteiger partial charge is 0.338 e. The van der Waals surface area contributed by atoms with Crippen LogP contribution in [0.2, 0.25) is 5.02 Å². The molecule has 0 aliphatic carbocycles. The number of nitrogens with one attached hydrogen (secondary N) is 1. The third kappa shape index (κ3) is 4.60. The van der Waals surface area contributed by atoms with Crippen molar-refractivity contribution in [3.05, 3.63) is 62.5 Å². The largest absolute Gasteiger partial charge is 0.463 e. The maximum atomic E-state index is 13.6. The highest BCUT2D eigenvalue weighted by Gasteiger charge is 2.45. The van der Waals surface area contributed by atoms with Crippen LogP contribution in [-0.4, -0.2) is 53.9 Å². The molecule has 1 aromatic carbocycles. The minimum atomic E-state index is -2.76. The molecule has 2 aliphatic heterocycles. The number of alkyl halides is 2. The first kappa shape index (κ1) is 21.8. The van der Waals surface area contributed by atoms with Gasteiger partial charge < -0.3 is 10.1 Å². The zero-order valence-electron chi connectivity index (χ0n) is 16.4. The van der Waals surface area contributed by atoms with Crippen LogP contribution in [0.15, 0.2) is 46.0 Å². The van der Waals surface area contributed by atoms with Crippen molar-refractivity contribution in [1.29, 1.82) is 0 Å². The number of benzene rings is 1. The normalized spacial score (nSPS) is 20.7. The van der Waals surface area contributed by atoms with E-state index in [0.29, 0.717) is 22.1 Å². The van der Waals surface area contributed by atoms with Crippen LogP contribution in [0.5, 0.6) is 0 Å². The summed E-state index contributed by atoms with van der Waals surface area (Å²) >= 11 is 7.61. The lowest BCUT2D eigenvalue weighted by Crippen LogP contribution is -2.57. The average Bonchev–Trinajstić information content (AvgIpc) is 3.21. The maximum Gasteiger partial charge on any atom is 0.338 e. The molecule has 1 saturated heterocycles. The van der Waals surface area contributed by atoms with Gasteiger partial charge in [0.2, 0.25) is 0 Å². The molecule has 0 amide bonds. The van der Waals surface area contributed by atoms with E-state index in [9.17, 15) is 18.0 Å². The number of halogens is 4. The number of thiazole rings is 1. The van der Waals surface area contributed by atoms with Crippen molar-refractivity contribution in [2.45, 2.75) is 18.9 Å². The van der Waals surface area contributed by atoms with Crippen molar-refractivity contribution in [3.8, 4) is 0 Å². The minimum Gasteiger partial charge on any atom is -0.463 e. The van der Waals surface area contributed by atoms with E-state index in [1.54, 1.807) is 18.5 Å². The van der Waals surface area contributed by atoms with Gasteiger partial charge in [0.1, 0.15) is 11.9 Å². The summed E-state index contributed by atoms with van der Waals surface area (Å²) < 4.78 is 45.7. The summed E-state index contributed by atoms with van der Waals surface area (Å²) in [5, 5.41) is 5.48. The first-order valence-electron chi connectivity index (χ1n) is 9.47. The van der Waals surface area contributed by atoms with Gasteiger partial charge in [-0.2, -0.15) is 0 Å². The van der Waals surface area contributed by atoms with E-state index >= 15 is 0 Å². The number of aliphatic imine (C=N–C) groups is 1. The van der Waals surface area contributed by atoms with Gasteiger partial charge in [-0.1, -0.05) is 17.7 Å². The fourth-order valence-electron chi connectivity index (χ4n) is 3.51. The van der Waals surface area contributed by atoms with Crippen molar-refractivity contribution >= 4 is 34.7 Å². The topological polar surface area (TPSA) is 66.8 Å². The second-order valence-corrected chi connectivity index (χ2v) is 8.42. The summed E-state index contributed by atoms with van der Waals surface area (Å²) in [6.07, 6.45) is 1.60. The van der Waals surface area contributed by atoms with Crippen molar-refractivity contribution in [2.75, 3.05) is 26.2 Å². The zero-order valence-corrected chi connectivity index (χ0v) is 17.9. The summed E-state index contributed by atoms with van der Waals surface area (Å²) in [4.78, 5) is 23.3. The summed E-state index contributed by atoms with van der Waals surface area (Å²) in [6.45, 7) is 1.00. The first-order chi connectivity index (χ1) is 14.8. The van der Waals surface area contributed by atoms with Crippen LogP contribution in [0.4, 0.5) is 13.2 Å². The lowest BCUT2D eigenvalue weighted by Gasteiger charge is -2.40. The van der Waals surface area contributed by atoms with Gasteiger partial charge in [-0.15, -0.1) is 11.3 Å². The molecule has 11 heteroatoms. The lowest BCUT2D eigenvalue weighted by atomic mass is 9.94. The van der Waals surface area contributed by atoms with Crippen LogP contribution in [0.25, 0.3) is 0 Å². The molecule has 3 heterocycles. The second kappa shape index (κ2) is 8.60. The monoisotopic (exact) mass is 470 g/mol. The zero-order chi connectivity index (χ0) is 22.2. The van der Waals surface area contributed by atoms with Crippen LogP contribution in [0.3, 0.4) is 0 Å². The fraction of sp³-hybridized carbons (Fsp3) is 0.350. The molecule has 0 unspecified atom stereocenters. The van der Waals surface area contributed by atoms with Gasteiger partial charge in [-0.05, 0) is 19.1 Å². The van der Waals surface area contributed by atoms with Gasteiger partial charge in [0.25, 0.3) is 5.92 Å². The molecule has 6 nitrogen and oxygen atoms in total. The maximum absolute atomic E-state index is 13.6. The Bertz CT molecular complexity index is 1050. The highest BCUT2D eigenvalue weighted by molar-refractivity contribution is 7.11. The van der Waals surface area contributed by atoms with Crippen molar-refractivity contribution in [1.82, 2.24) is 15.2 Å². The molecule has 1 fully saturated rings. The van der Waals surface area contributed by atoms with Crippen LogP contribution in [-0.2, 0) is 9.53 Å². The number of hydrogen-bond donors (Lipinski definition) is 1. The number of nitrogens with zero attached hydrogens (tertiary/aromatic N) is 3. The number of carbonyl (C=O) groups is 1. The van der Waals surface area contributed by atoms with Crippen LogP contribution in [0, 0.1) is 5.82 Å². The average molecular weight is 471 g/mol. The Hall–Kier alpha value is -2.43. The second-order valence-electron chi connectivity index (χ2n) is 7.12. The van der Waals surface area contributed by atoms with E-state index in [4.69, 9.17) is 16.3 Å². The third-order valence-corrected chi connectivity index (χ3v) is 5.91. The van der Waals surface area contributed by atoms with Crippen LogP contribution < -0.4 is 5.32 Å². The van der Waals surface area contributed by atoms with E-state index in [-0.39, 0.29) is 23.7 Å². The molecule has 0 radical (unpaired) electrons. The predicted molar refractivity (Wildman–Crippen MR) is 111 cm³/mol. The summed E-state index contributed by atoms with van der Waals surface area (Å²) in [5.41, 5.74) is 0.915. The standard InChI is InChI=1S/C20H18ClF3N4O2S/c1-2-30-19(29)15-14(8-28-9-20(23,24)10-28)26-17(18-25-5-6-31-18)27-16(15)12-4-3-11(22)7-13(12)21/h3-7,16H,2,8-10H2,1H3,(H,26,27)/t16-/m0/s1. The molecular weight excluding hydrogens is 453 g/mol. The number of aromatic nitrogens is 1. The quantitative estimate of drug-likeness (QED) is 0.651. The number of amidine groups is 1. The molecule has 0 spiro atoms. The highest BCUT2D eigenvalue weighted by Crippen LogP contribution is 2.37. The summed E-state index contributed by atoms with van der Waals surface area (Å²) in [6, 6.07) is 2.89. The molecule has 2 aliphatic rings. The number of carbonyl (C=O) groups excluding carboxylic acids is 1. The molecular formula is C20H18ClF3N4O2S. The molecule has 1 N–H and O–H groups in total. The van der Waals surface area contributed by atoms with Crippen molar-refractivity contribution in [3.63, 3.8) is 0 Å². The Morgan fingerprint density at radius 1 is 1.42 bits per heavy atom. The molecule has 0 bridgehead atoms. The van der Waals surface area contributed by atoms with Gasteiger partial charge >= 0.3 is 5.97 Å². The number of likely N-dealkylation sites (tertiary alicyclic amines) is 1. The number of ether oxygens (including phenoxy) is 1. The summed E-state index contributed by atoms with van der Waals surface area (Å²) in [5.74, 6) is -3.57. The lowest BCUT2D eigenvalue weighted by molar-refractivity contribution is -0.139. The Morgan fingerprint density at radius 3 is 2.81 bits per heavy atom. The van der Waals surface area contributed by atoms with Gasteiger partial charge in [0.05, 0.1) is 25.3 Å². The van der Waals surface area contributed by atoms with E-state index in [2.05, 4.69) is 15.3 Å². The molecule has 2 aromatic rings. The van der Waals surface area contributed by atoms with E-state index in [0.717, 1.165) is 6.07 Å². The summed E-state index contributed by atoms with van der Waals surface area (Å²) in [7, 11) is 0.